The van der Waals surface area contributed by atoms with Crippen molar-refractivity contribution < 1.29 is 19.7 Å². The van der Waals surface area contributed by atoms with E-state index in [0.717, 1.165) is 22.2 Å². The maximum absolute atomic E-state index is 10.8. The quantitative estimate of drug-likeness (QED) is 0.202. The zero-order valence-corrected chi connectivity index (χ0v) is 18.7. The van der Waals surface area contributed by atoms with Crippen molar-refractivity contribution in [2.75, 3.05) is 0 Å². The first-order valence-corrected chi connectivity index (χ1v) is 10.1. The number of carboxylic acid groups (broad SMARTS) is 1. The van der Waals surface area contributed by atoms with Gasteiger partial charge < -0.3 is 19.9 Å². The van der Waals surface area contributed by atoms with Crippen LogP contribution in [0.4, 0.5) is 4.79 Å². The summed E-state index contributed by atoms with van der Waals surface area (Å²) in [5.41, 5.74) is 7.03. The van der Waals surface area contributed by atoms with E-state index in [2.05, 4.69) is 53.9 Å². The number of aromatic amines is 1. The number of aromatic hydroxyl groups is 1. The minimum absolute atomic E-state index is 0. The molecule has 0 radical (unpaired) electrons. The number of aryl methyl sites for hydroxylation is 2. The molecule has 0 unspecified atom stereocenters. The molecule has 0 aliphatic carbocycles. The second kappa shape index (κ2) is 8.48. The summed E-state index contributed by atoms with van der Waals surface area (Å²) in [6.45, 7) is 4.20. The van der Waals surface area contributed by atoms with Gasteiger partial charge in [-0.2, -0.15) is 0 Å². The first kappa shape index (κ1) is 22.2. The summed E-state index contributed by atoms with van der Waals surface area (Å²) in [5, 5.41) is 20.6. The van der Waals surface area contributed by atoms with Gasteiger partial charge in [0.25, 0.3) is 0 Å². The molecule has 0 saturated carbocycles. The highest BCUT2D eigenvalue weighted by atomic mass is 35.5. The average molecular weight is 461 g/mol. The summed E-state index contributed by atoms with van der Waals surface area (Å²) < 4.78 is 4.69. The molecule has 0 saturated heterocycles. The fourth-order valence-corrected chi connectivity index (χ4v) is 3.95. The molecule has 7 heteroatoms. The Kier molecular flexibility index (Phi) is 5.70. The molecule has 3 N–H and O–H groups in total. The first-order chi connectivity index (χ1) is 15.4. The molecule has 33 heavy (non-hydrogen) atoms. The van der Waals surface area contributed by atoms with Crippen LogP contribution >= 0.6 is 12.4 Å². The SMILES string of the molecule is Cc1ccc(-c2cccc(-c3nc4c(ccc5cc(OC(=O)O)cc(O)c54)[nH]3)c2)cc1C.Cl. The van der Waals surface area contributed by atoms with Crippen LogP contribution in [0.1, 0.15) is 11.1 Å². The second-order valence-corrected chi connectivity index (χ2v) is 7.84. The monoisotopic (exact) mass is 460 g/mol. The second-order valence-electron chi connectivity index (χ2n) is 7.84. The van der Waals surface area contributed by atoms with Gasteiger partial charge in [-0.15, -0.1) is 12.4 Å². The van der Waals surface area contributed by atoms with Gasteiger partial charge >= 0.3 is 6.16 Å². The van der Waals surface area contributed by atoms with E-state index in [1.807, 2.05) is 18.2 Å². The third-order valence-electron chi connectivity index (χ3n) is 5.70. The van der Waals surface area contributed by atoms with E-state index < -0.39 is 6.16 Å². The molecule has 0 aliphatic heterocycles. The first-order valence-electron chi connectivity index (χ1n) is 10.1. The third-order valence-corrected chi connectivity index (χ3v) is 5.70. The lowest BCUT2D eigenvalue weighted by Crippen LogP contribution is -2.02. The Balaban J connectivity index is 0.00000259. The van der Waals surface area contributed by atoms with Gasteiger partial charge in [-0.3, -0.25) is 0 Å². The number of nitrogens with one attached hydrogen (secondary N) is 1. The molecule has 0 aliphatic rings. The van der Waals surface area contributed by atoms with E-state index in [4.69, 9.17) is 10.1 Å². The summed E-state index contributed by atoms with van der Waals surface area (Å²) in [6, 6.07) is 21.0. The number of fused-ring (bicyclic) bond motifs is 3. The van der Waals surface area contributed by atoms with Gasteiger partial charge in [0.15, 0.2) is 0 Å². The van der Waals surface area contributed by atoms with Crippen LogP contribution in [0, 0.1) is 13.8 Å². The van der Waals surface area contributed by atoms with Gasteiger partial charge in [0.05, 0.1) is 10.9 Å². The molecule has 5 rings (SSSR count). The highest BCUT2D eigenvalue weighted by Gasteiger charge is 2.14. The highest BCUT2D eigenvalue weighted by molar-refractivity contribution is 6.08. The normalized spacial score (nSPS) is 10.8. The molecular formula is C26H21ClN2O4. The van der Waals surface area contributed by atoms with Gasteiger partial charge in [0.2, 0.25) is 0 Å². The number of rotatable bonds is 3. The topological polar surface area (TPSA) is 95.4 Å². The van der Waals surface area contributed by atoms with E-state index in [9.17, 15) is 9.90 Å². The van der Waals surface area contributed by atoms with Crippen molar-refractivity contribution in [3.8, 4) is 34.0 Å². The molecule has 0 bridgehead atoms. The average Bonchev–Trinajstić information content (AvgIpc) is 3.19. The summed E-state index contributed by atoms with van der Waals surface area (Å²) in [6.07, 6.45) is -1.43. The molecule has 0 fully saturated rings. The molecule has 0 atom stereocenters. The molecule has 1 aromatic heterocycles. The van der Waals surface area contributed by atoms with Gasteiger partial charge in [0, 0.05) is 11.6 Å². The van der Waals surface area contributed by atoms with E-state index >= 15 is 0 Å². The number of imidazole rings is 1. The highest BCUT2D eigenvalue weighted by Crippen LogP contribution is 2.36. The Hall–Kier alpha value is -4.03. The third kappa shape index (κ3) is 4.08. The maximum Gasteiger partial charge on any atom is 0.511 e. The number of hydrogen-bond acceptors (Lipinski definition) is 4. The van der Waals surface area contributed by atoms with Crippen LogP contribution in [-0.2, 0) is 0 Å². The molecule has 4 aromatic carbocycles. The Morgan fingerprint density at radius 1 is 0.909 bits per heavy atom. The van der Waals surface area contributed by atoms with Crippen LogP contribution in [0.3, 0.4) is 0 Å². The number of aromatic nitrogens is 2. The van der Waals surface area contributed by atoms with Crippen LogP contribution in [-0.4, -0.2) is 26.3 Å². The summed E-state index contributed by atoms with van der Waals surface area (Å²) in [5.74, 6) is 0.647. The maximum atomic E-state index is 10.8. The number of hydrogen-bond donors (Lipinski definition) is 3. The van der Waals surface area contributed by atoms with E-state index in [1.54, 1.807) is 12.1 Å². The van der Waals surface area contributed by atoms with Gasteiger partial charge in [0.1, 0.15) is 22.8 Å². The van der Waals surface area contributed by atoms with Crippen LogP contribution in [0.15, 0.2) is 66.7 Å². The standard InChI is InChI=1S/C26H20N2O4.ClH/c1-14-6-7-17(10-15(14)2)16-4-3-5-19(11-16)25-27-21-9-8-18-12-20(32-26(30)31)13-22(29)23(18)24(21)28-25;/h3-13,29H,1-2H3,(H,27,28)(H,30,31);1H. The summed E-state index contributed by atoms with van der Waals surface area (Å²) in [4.78, 5) is 18.9. The van der Waals surface area contributed by atoms with Crippen LogP contribution in [0.2, 0.25) is 0 Å². The van der Waals surface area contributed by atoms with Crippen molar-refractivity contribution in [3.63, 3.8) is 0 Å². The number of benzene rings is 4. The van der Waals surface area contributed by atoms with Crippen molar-refractivity contribution in [3.05, 3.63) is 77.9 Å². The Bertz CT molecular complexity index is 1520. The van der Waals surface area contributed by atoms with Crippen molar-refractivity contribution >= 4 is 40.4 Å². The zero-order valence-electron chi connectivity index (χ0n) is 17.9. The van der Waals surface area contributed by atoms with Crippen molar-refractivity contribution in [2.24, 2.45) is 0 Å². The molecule has 5 aromatic rings. The summed E-state index contributed by atoms with van der Waals surface area (Å²) in [7, 11) is 0. The zero-order chi connectivity index (χ0) is 22.4. The minimum Gasteiger partial charge on any atom is -0.507 e. The Morgan fingerprint density at radius 3 is 2.42 bits per heavy atom. The molecule has 166 valence electrons. The smallest absolute Gasteiger partial charge is 0.507 e. The van der Waals surface area contributed by atoms with Crippen LogP contribution in [0.25, 0.3) is 44.3 Å². The number of ether oxygens (including phenoxy) is 1. The number of halogens is 1. The Morgan fingerprint density at radius 2 is 1.67 bits per heavy atom. The lowest BCUT2D eigenvalue weighted by Gasteiger charge is -2.07. The molecule has 0 spiro atoms. The number of phenolic OH excluding ortho intramolecular Hbond substituents is 1. The predicted molar refractivity (Wildman–Crippen MR) is 132 cm³/mol. The van der Waals surface area contributed by atoms with Crippen LogP contribution < -0.4 is 4.74 Å². The van der Waals surface area contributed by atoms with Crippen molar-refractivity contribution in [1.82, 2.24) is 9.97 Å². The van der Waals surface area contributed by atoms with Gasteiger partial charge in [-0.1, -0.05) is 42.5 Å². The van der Waals surface area contributed by atoms with E-state index in [1.165, 1.54) is 17.2 Å². The minimum atomic E-state index is -1.43. The molecule has 6 nitrogen and oxygen atoms in total. The largest absolute Gasteiger partial charge is 0.511 e. The summed E-state index contributed by atoms with van der Waals surface area (Å²) >= 11 is 0. The molecule has 1 heterocycles. The number of carbonyl (C=O) groups is 1. The van der Waals surface area contributed by atoms with Gasteiger partial charge in [-0.05, 0) is 59.7 Å². The molecule has 0 amide bonds. The predicted octanol–water partition coefficient (Wildman–Crippen LogP) is 6.85. The lowest BCUT2D eigenvalue weighted by molar-refractivity contribution is 0.144. The lowest BCUT2D eigenvalue weighted by atomic mass is 9.99. The fourth-order valence-electron chi connectivity index (χ4n) is 3.95. The van der Waals surface area contributed by atoms with Crippen molar-refractivity contribution in [2.45, 2.75) is 13.8 Å². The fraction of sp³-hybridized carbons (Fsp3) is 0.0769. The number of nitrogens with zero attached hydrogens (tertiary/aromatic N) is 1. The number of H-pyrrole nitrogens is 1. The number of phenols is 1. The Labute approximate surface area is 195 Å². The molecular weight excluding hydrogens is 440 g/mol. The van der Waals surface area contributed by atoms with Gasteiger partial charge in [-0.25, -0.2) is 9.78 Å². The van der Waals surface area contributed by atoms with E-state index in [-0.39, 0.29) is 23.9 Å². The van der Waals surface area contributed by atoms with Crippen molar-refractivity contribution in [1.29, 1.82) is 0 Å². The van der Waals surface area contributed by atoms with E-state index in [0.29, 0.717) is 22.1 Å². The van der Waals surface area contributed by atoms with Crippen LogP contribution in [0.5, 0.6) is 11.5 Å².